The van der Waals surface area contributed by atoms with Gasteiger partial charge in [0.25, 0.3) is 0 Å². The molecule has 0 aromatic carbocycles. The largest absolute Gasteiger partial charge is 0.349 e. The Morgan fingerprint density at radius 1 is 1.46 bits per heavy atom. The molecule has 4 heteroatoms. The molecule has 0 aliphatic carbocycles. The lowest BCUT2D eigenvalue weighted by Crippen LogP contribution is -2.38. The van der Waals surface area contributed by atoms with Gasteiger partial charge >= 0.3 is 0 Å². The summed E-state index contributed by atoms with van der Waals surface area (Å²) in [6.45, 7) is 1.07. The molecule has 0 spiro atoms. The van der Waals surface area contributed by atoms with E-state index in [0.29, 0.717) is 12.5 Å². The number of piperidine rings is 1. The molecule has 3 nitrogen and oxygen atoms in total. The Balaban J connectivity index is 0.00000144. The molecule has 1 atom stereocenters. The number of nitrogens with zero attached hydrogens (tertiary/aromatic N) is 1. The fraction of sp³-hybridized carbons (Fsp3) is 0.889. The van der Waals surface area contributed by atoms with Crippen molar-refractivity contribution in [2.75, 3.05) is 20.6 Å². The van der Waals surface area contributed by atoms with E-state index in [-0.39, 0.29) is 18.3 Å². The first-order valence-electron chi connectivity index (χ1n) is 4.63. The van der Waals surface area contributed by atoms with Crippen LogP contribution in [0.25, 0.3) is 0 Å². The molecule has 1 saturated heterocycles. The van der Waals surface area contributed by atoms with E-state index in [0.717, 1.165) is 13.0 Å². The quantitative estimate of drug-likeness (QED) is 0.732. The SMILES string of the molecule is CN(C)C(=O)C[C@H]1CCCCN1.Cl. The van der Waals surface area contributed by atoms with Crippen molar-refractivity contribution in [3.8, 4) is 0 Å². The van der Waals surface area contributed by atoms with Crippen LogP contribution >= 0.6 is 12.4 Å². The van der Waals surface area contributed by atoms with E-state index in [9.17, 15) is 4.79 Å². The van der Waals surface area contributed by atoms with Crippen LogP contribution in [-0.4, -0.2) is 37.5 Å². The lowest BCUT2D eigenvalue weighted by atomic mass is 10.0. The second-order valence-electron chi connectivity index (χ2n) is 3.64. The maximum Gasteiger partial charge on any atom is 0.223 e. The van der Waals surface area contributed by atoms with Gasteiger partial charge in [0.1, 0.15) is 0 Å². The molecule has 1 heterocycles. The van der Waals surface area contributed by atoms with E-state index >= 15 is 0 Å². The van der Waals surface area contributed by atoms with Gasteiger partial charge < -0.3 is 10.2 Å². The van der Waals surface area contributed by atoms with Gasteiger partial charge in [0.15, 0.2) is 0 Å². The van der Waals surface area contributed by atoms with Crippen molar-refractivity contribution in [2.45, 2.75) is 31.7 Å². The van der Waals surface area contributed by atoms with Gasteiger partial charge in [0.2, 0.25) is 5.91 Å². The number of halogens is 1. The van der Waals surface area contributed by atoms with Gasteiger partial charge in [0, 0.05) is 26.6 Å². The van der Waals surface area contributed by atoms with Crippen LogP contribution in [-0.2, 0) is 4.79 Å². The zero-order valence-electron chi connectivity index (χ0n) is 8.38. The first-order chi connectivity index (χ1) is 5.70. The number of hydrogen-bond donors (Lipinski definition) is 1. The highest BCUT2D eigenvalue weighted by Crippen LogP contribution is 2.10. The maximum absolute atomic E-state index is 11.3. The van der Waals surface area contributed by atoms with Crippen LogP contribution in [0.2, 0.25) is 0 Å². The zero-order chi connectivity index (χ0) is 8.97. The van der Waals surface area contributed by atoms with Crippen molar-refractivity contribution in [3.63, 3.8) is 0 Å². The molecule has 1 aliphatic rings. The van der Waals surface area contributed by atoms with Crippen molar-refractivity contribution in [3.05, 3.63) is 0 Å². The molecule has 1 fully saturated rings. The second kappa shape index (κ2) is 6.22. The van der Waals surface area contributed by atoms with Gasteiger partial charge in [-0.25, -0.2) is 0 Å². The first kappa shape index (κ1) is 12.7. The summed E-state index contributed by atoms with van der Waals surface area (Å²) in [5, 5.41) is 3.36. The lowest BCUT2D eigenvalue weighted by molar-refractivity contribution is -0.129. The molecular weight excluding hydrogens is 188 g/mol. The van der Waals surface area contributed by atoms with Crippen LogP contribution in [0, 0.1) is 0 Å². The van der Waals surface area contributed by atoms with Crippen molar-refractivity contribution in [1.82, 2.24) is 10.2 Å². The van der Waals surface area contributed by atoms with Crippen LogP contribution in [0.4, 0.5) is 0 Å². The Morgan fingerprint density at radius 2 is 2.15 bits per heavy atom. The normalized spacial score (nSPS) is 21.8. The zero-order valence-corrected chi connectivity index (χ0v) is 9.19. The minimum Gasteiger partial charge on any atom is -0.349 e. The molecule has 0 unspecified atom stereocenters. The molecule has 1 aliphatic heterocycles. The highest BCUT2D eigenvalue weighted by Gasteiger charge is 2.16. The fourth-order valence-corrected chi connectivity index (χ4v) is 1.49. The molecule has 13 heavy (non-hydrogen) atoms. The van der Waals surface area contributed by atoms with Crippen molar-refractivity contribution in [2.24, 2.45) is 0 Å². The molecule has 78 valence electrons. The van der Waals surface area contributed by atoms with Crippen LogP contribution in [0.1, 0.15) is 25.7 Å². The van der Waals surface area contributed by atoms with E-state index in [1.165, 1.54) is 12.8 Å². The van der Waals surface area contributed by atoms with Crippen LogP contribution in [0.3, 0.4) is 0 Å². The van der Waals surface area contributed by atoms with Crippen LogP contribution in [0.5, 0.6) is 0 Å². The van der Waals surface area contributed by atoms with Crippen molar-refractivity contribution in [1.29, 1.82) is 0 Å². The number of carbonyl (C=O) groups excluding carboxylic acids is 1. The standard InChI is InChI=1S/C9H18N2O.ClH/c1-11(2)9(12)7-8-5-3-4-6-10-8;/h8,10H,3-7H2,1-2H3;1H/t8-;/m1./s1. The fourth-order valence-electron chi connectivity index (χ4n) is 1.49. The van der Waals surface area contributed by atoms with Gasteiger partial charge in [-0.15, -0.1) is 12.4 Å². The summed E-state index contributed by atoms with van der Waals surface area (Å²) in [6, 6.07) is 0.425. The summed E-state index contributed by atoms with van der Waals surface area (Å²) in [6.07, 6.45) is 4.33. The second-order valence-corrected chi connectivity index (χ2v) is 3.64. The Hall–Kier alpha value is -0.280. The Bertz CT molecular complexity index is 156. The van der Waals surface area contributed by atoms with E-state index in [4.69, 9.17) is 0 Å². The number of nitrogens with one attached hydrogen (secondary N) is 1. The summed E-state index contributed by atoms with van der Waals surface area (Å²) in [5.41, 5.74) is 0. The number of carbonyl (C=O) groups is 1. The molecule has 1 N–H and O–H groups in total. The van der Waals surface area contributed by atoms with E-state index in [1.807, 2.05) is 14.1 Å². The van der Waals surface area contributed by atoms with Gasteiger partial charge in [0.05, 0.1) is 0 Å². The van der Waals surface area contributed by atoms with Crippen LogP contribution < -0.4 is 5.32 Å². The topological polar surface area (TPSA) is 32.3 Å². The smallest absolute Gasteiger partial charge is 0.223 e. The Morgan fingerprint density at radius 3 is 2.62 bits per heavy atom. The average Bonchev–Trinajstić information content (AvgIpc) is 2.06. The van der Waals surface area contributed by atoms with Crippen LogP contribution in [0.15, 0.2) is 0 Å². The maximum atomic E-state index is 11.3. The molecule has 1 amide bonds. The monoisotopic (exact) mass is 206 g/mol. The summed E-state index contributed by atoms with van der Waals surface area (Å²) in [7, 11) is 3.62. The predicted molar refractivity (Wildman–Crippen MR) is 56.2 cm³/mol. The third-order valence-electron chi connectivity index (χ3n) is 2.33. The average molecular weight is 207 g/mol. The molecule has 0 bridgehead atoms. The molecule has 1 rings (SSSR count). The van der Waals surface area contributed by atoms with E-state index < -0.39 is 0 Å². The lowest BCUT2D eigenvalue weighted by Gasteiger charge is -2.24. The summed E-state index contributed by atoms with van der Waals surface area (Å²) in [4.78, 5) is 13.0. The molecule has 0 aromatic heterocycles. The minimum atomic E-state index is 0. The molecular formula is C9H19ClN2O. The van der Waals surface area contributed by atoms with Gasteiger partial charge in [-0.2, -0.15) is 0 Å². The van der Waals surface area contributed by atoms with Crippen molar-refractivity contribution < 1.29 is 4.79 Å². The third kappa shape index (κ3) is 4.48. The van der Waals surface area contributed by atoms with Gasteiger partial charge in [-0.05, 0) is 19.4 Å². The highest BCUT2D eigenvalue weighted by molar-refractivity contribution is 5.85. The van der Waals surface area contributed by atoms with E-state index in [2.05, 4.69) is 5.32 Å². The Kier molecular flexibility index (Phi) is 6.08. The number of hydrogen-bond acceptors (Lipinski definition) is 2. The van der Waals surface area contributed by atoms with Crippen molar-refractivity contribution >= 4 is 18.3 Å². The third-order valence-corrected chi connectivity index (χ3v) is 2.33. The van der Waals surface area contributed by atoms with Gasteiger partial charge in [-0.3, -0.25) is 4.79 Å². The minimum absolute atomic E-state index is 0. The molecule has 0 aromatic rings. The number of rotatable bonds is 2. The number of amides is 1. The molecule has 0 saturated carbocycles. The summed E-state index contributed by atoms with van der Waals surface area (Å²) < 4.78 is 0. The van der Waals surface area contributed by atoms with E-state index in [1.54, 1.807) is 4.90 Å². The first-order valence-corrected chi connectivity index (χ1v) is 4.63. The summed E-state index contributed by atoms with van der Waals surface area (Å²) >= 11 is 0. The summed E-state index contributed by atoms with van der Waals surface area (Å²) in [5.74, 6) is 0.231. The highest BCUT2D eigenvalue weighted by atomic mass is 35.5. The predicted octanol–water partition coefficient (Wildman–Crippen LogP) is 1.03. The Labute approximate surface area is 86.3 Å². The van der Waals surface area contributed by atoms with Gasteiger partial charge in [-0.1, -0.05) is 6.42 Å². The molecule has 0 radical (unpaired) electrons.